The fraction of sp³-hybridized carbons (Fsp3) is 0.875. The van der Waals surface area contributed by atoms with Crippen LogP contribution in [0.15, 0.2) is 0 Å². The van der Waals surface area contributed by atoms with E-state index in [0.717, 1.165) is 0 Å². The molecule has 3 aliphatic rings. The summed E-state index contributed by atoms with van der Waals surface area (Å²) >= 11 is 0. The average molecular weight is 344 g/mol. The fourth-order valence-corrected chi connectivity index (χ4v) is 3.21. The predicted octanol–water partition coefficient (Wildman–Crippen LogP) is 0.905. The molecular weight excluding hydrogens is 320 g/mol. The summed E-state index contributed by atoms with van der Waals surface area (Å²) in [5.74, 6) is -2.45. The maximum atomic E-state index is 12.0. The van der Waals surface area contributed by atoms with E-state index in [4.69, 9.17) is 28.4 Å². The van der Waals surface area contributed by atoms with Crippen molar-refractivity contribution >= 4 is 11.8 Å². The summed E-state index contributed by atoms with van der Waals surface area (Å²) in [5, 5.41) is 0. The highest BCUT2D eigenvalue weighted by atomic mass is 16.8. The summed E-state index contributed by atoms with van der Waals surface area (Å²) in [6, 6.07) is 0. The molecule has 3 heterocycles. The molecule has 8 nitrogen and oxygen atoms in total. The van der Waals surface area contributed by atoms with Gasteiger partial charge in [-0.2, -0.15) is 0 Å². The average Bonchev–Trinajstić information content (AvgIpc) is 3.00. The standard InChI is InChI=1S/C16H24O8/c1-8(17)6-10(18)20-12-11(9-7-19-15(2,3)22-9)21-14-13(12)23-16(4,5)24-14/h9,11-14H,6-7H2,1-5H3/t9-,11-,12+,13-,14-/m1/s1. The van der Waals surface area contributed by atoms with E-state index in [1.165, 1.54) is 6.92 Å². The van der Waals surface area contributed by atoms with E-state index in [1.54, 1.807) is 27.7 Å². The third kappa shape index (κ3) is 3.62. The lowest BCUT2D eigenvalue weighted by Crippen LogP contribution is -2.45. The summed E-state index contributed by atoms with van der Waals surface area (Å²) in [5.41, 5.74) is 0. The molecule has 24 heavy (non-hydrogen) atoms. The van der Waals surface area contributed by atoms with Crippen molar-refractivity contribution in [2.24, 2.45) is 0 Å². The molecule has 5 atom stereocenters. The normalized spacial score (nSPS) is 39.6. The van der Waals surface area contributed by atoms with Crippen molar-refractivity contribution in [1.29, 1.82) is 0 Å². The first-order valence-corrected chi connectivity index (χ1v) is 8.08. The lowest BCUT2D eigenvalue weighted by Gasteiger charge is -2.28. The number of fused-ring (bicyclic) bond motifs is 1. The lowest BCUT2D eigenvalue weighted by atomic mass is 10.1. The molecule has 3 rings (SSSR count). The second-order valence-corrected chi connectivity index (χ2v) is 7.27. The van der Waals surface area contributed by atoms with Crippen LogP contribution in [0.2, 0.25) is 0 Å². The topological polar surface area (TPSA) is 89.5 Å². The smallest absolute Gasteiger partial charge is 0.313 e. The van der Waals surface area contributed by atoms with E-state index in [1.807, 2.05) is 0 Å². The van der Waals surface area contributed by atoms with Crippen molar-refractivity contribution in [3.05, 3.63) is 0 Å². The van der Waals surface area contributed by atoms with E-state index >= 15 is 0 Å². The van der Waals surface area contributed by atoms with Crippen LogP contribution in [0.1, 0.15) is 41.0 Å². The van der Waals surface area contributed by atoms with Gasteiger partial charge in [0, 0.05) is 0 Å². The zero-order valence-electron chi connectivity index (χ0n) is 14.6. The molecule has 0 saturated carbocycles. The van der Waals surface area contributed by atoms with Gasteiger partial charge in [-0.15, -0.1) is 0 Å². The van der Waals surface area contributed by atoms with Gasteiger partial charge in [0.1, 0.15) is 24.4 Å². The van der Waals surface area contributed by atoms with Gasteiger partial charge in [-0.3, -0.25) is 9.59 Å². The number of rotatable bonds is 4. The van der Waals surface area contributed by atoms with Crippen molar-refractivity contribution in [1.82, 2.24) is 0 Å². The van der Waals surface area contributed by atoms with Crippen LogP contribution >= 0.6 is 0 Å². The quantitative estimate of drug-likeness (QED) is 0.549. The summed E-state index contributed by atoms with van der Waals surface area (Å²) in [6.07, 6.45) is -3.27. The molecular formula is C16H24O8. The molecule has 0 aromatic carbocycles. The molecule has 0 N–H and O–H groups in total. The second kappa shape index (κ2) is 6.03. The van der Waals surface area contributed by atoms with Gasteiger partial charge in [-0.1, -0.05) is 0 Å². The number of ketones is 1. The highest BCUT2D eigenvalue weighted by Gasteiger charge is 2.60. The predicted molar refractivity (Wildman–Crippen MR) is 78.8 cm³/mol. The van der Waals surface area contributed by atoms with E-state index < -0.39 is 48.2 Å². The van der Waals surface area contributed by atoms with E-state index in [9.17, 15) is 9.59 Å². The summed E-state index contributed by atoms with van der Waals surface area (Å²) in [7, 11) is 0. The number of esters is 1. The molecule has 0 aliphatic carbocycles. The highest BCUT2D eigenvalue weighted by molar-refractivity contribution is 5.94. The fourth-order valence-electron chi connectivity index (χ4n) is 3.21. The first kappa shape index (κ1) is 17.8. The Hall–Kier alpha value is -1.06. The third-order valence-electron chi connectivity index (χ3n) is 4.08. The number of Topliss-reactive ketones (excluding diaryl/α,β-unsaturated/α-hetero) is 1. The highest BCUT2D eigenvalue weighted by Crippen LogP contribution is 2.42. The summed E-state index contributed by atoms with van der Waals surface area (Å²) in [4.78, 5) is 23.1. The minimum absolute atomic E-state index is 0.266. The monoisotopic (exact) mass is 344 g/mol. The van der Waals surface area contributed by atoms with Crippen LogP contribution in [0, 0.1) is 0 Å². The van der Waals surface area contributed by atoms with E-state index in [2.05, 4.69) is 0 Å². The van der Waals surface area contributed by atoms with Crippen molar-refractivity contribution in [3.63, 3.8) is 0 Å². The van der Waals surface area contributed by atoms with Crippen LogP contribution in [-0.2, 0) is 38.0 Å². The number of hydrogen-bond donors (Lipinski definition) is 0. The van der Waals surface area contributed by atoms with Crippen molar-refractivity contribution in [3.8, 4) is 0 Å². The molecule has 0 aromatic heterocycles. The Labute approximate surface area is 140 Å². The molecule has 3 aliphatic heterocycles. The van der Waals surface area contributed by atoms with Crippen LogP contribution in [0.3, 0.4) is 0 Å². The van der Waals surface area contributed by atoms with Gasteiger partial charge in [0.2, 0.25) is 0 Å². The lowest BCUT2D eigenvalue weighted by molar-refractivity contribution is -0.235. The molecule has 0 spiro atoms. The Morgan fingerprint density at radius 2 is 1.75 bits per heavy atom. The first-order valence-electron chi connectivity index (χ1n) is 8.08. The number of ether oxygens (including phenoxy) is 6. The molecule has 0 radical (unpaired) electrons. The van der Waals surface area contributed by atoms with Crippen molar-refractivity contribution < 1.29 is 38.0 Å². The molecule has 0 amide bonds. The molecule has 0 bridgehead atoms. The molecule has 0 unspecified atom stereocenters. The third-order valence-corrected chi connectivity index (χ3v) is 4.08. The van der Waals surface area contributed by atoms with Gasteiger partial charge in [0.25, 0.3) is 0 Å². The maximum Gasteiger partial charge on any atom is 0.313 e. The summed E-state index contributed by atoms with van der Waals surface area (Å²) < 4.78 is 34.3. The zero-order valence-corrected chi connectivity index (χ0v) is 14.6. The molecule has 3 fully saturated rings. The minimum atomic E-state index is -0.835. The van der Waals surface area contributed by atoms with Gasteiger partial charge in [-0.25, -0.2) is 0 Å². The zero-order chi connectivity index (χ0) is 17.7. The minimum Gasteiger partial charge on any atom is -0.456 e. The van der Waals surface area contributed by atoms with Crippen LogP contribution < -0.4 is 0 Å². The Bertz CT molecular complexity index is 528. The van der Waals surface area contributed by atoms with Crippen LogP contribution in [-0.4, -0.2) is 60.6 Å². The van der Waals surface area contributed by atoms with E-state index in [0.29, 0.717) is 6.61 Å². The van der Waals surface area contributed by atoms with Gasteiger partial charge >= 0.3 is 5.97 Å². The van der Waals surface area contributed by atoms with Crippen LogP contribution in [0.5, 0.6) is 0 Å². The molecule has 8 heteroatoms. The van der Waals surface area contributed by atoms with Crippen LogP contribution in [0.4, 0.5) is 0 Å². The Balaban J connectivity index is 1.75. The van der Waals surface area contributed by atoms with Gasteiger partial charge in [0.15, 0.2) is 30.1 Å². The number of carbonyl (C=O) groups excluding carboxylic acids is 2. The summed E-state index contributed by atoms with van der Waals surface area (Å²) in [6.45, 7) is 8.76. The molecule has 3 saturated heterocycles. The first-order chi connectivity index (χ1) is 11.1. The number of hydrogen-bond acceptors (Lipinski definition) is 8. The maximum absolute atomic E-state index is 12.0. The van der Waals surface area contributed by atoms with Crippen LogP contribution in [0.25, 0.3) is 0 Å². The SMILES string of the molecule is CC(=O)CC(=O)O[C@@H]1[C@H]2OC(C)(C)O[C@H]2O[C@@H]1[C@H]1COC(C)(C)O1. The Morgan fingerprint density at radius 1 is 1.04 bits per heavy atom. The molecule has 136 valence electrons. The molecule has 0 aromatic rings. The Kier molecular flexibility index (Phi) is 4.46. The van der Waals surface area contributed by atoms with E-state index in [-0.39, 0.29) is 12.2 Å². The van der Waals surface area contributed by atoms with Crippen molar-refractivity contribution in [2.45, 2.75) is 83.3 Å². The van der Waals surface area contributed by atoms with Gasteiger partial charge in [0.05, 0.1) is 6.61 Å². The van der Waals surface area contributed by atoms with Crippen molar-refractivity contribution in [2.75, 3.05) is 6.61 Å². The number of carbonyl (C=O) groups is 2. The van der Waals surface area contributed by atoms with Gasteiger partial charge in [-0.05, 0) is 34.6 Å². The second-order valence-electron chi connectivity index (χ2n) is 7.27. The largest absolute Gasteiger partial charge is 0.456 e. The van der Waals surface area contributed by atoms with Gasteiger partial charge < -0.3 is 28.4 Å². The Morgan fingerprint density at radius 3 is 2.33 bits per heavy atom.